The number of allylic oxidation sites excluding steroid dienone is 1. The Hall–Kier alpha value is -3.57. The van der Waals surface area contributed by atoms with Crippen molar-refractivity contribution in [2.75, 3.05) is 29.6 Å². The average molecular weight is 473 g/mol. The number of hydrogen-bond acceptors (Lipinski definition) is 7. The van der Waals surface area contributed by atoms with Gasteiger partial charge in [-0.3, -0.25) is 4.79 Å². The summed E-state index contributed by atoms with van der Waals surface area (Å²) in [5.74, 6) is 1.18. The van der Waals surface area contributed by atoms with Gasteiger partial charge in [0.15, 0.2) is 16.8 Å². The van der Waals surface area contributed by atoms with Crippen LogP contribution >= 0.6 is 11.8 Å². The summed E-state index contributed by atoms with van der Waals surface area (Å²) in [5.41, 5.74) is 4.35. The lowest BCUT2D eigenvalue weighted by atomic mass is 9.87. The van der Waals surface area contributed by atoms with Gasteiger partial charge in [0.05, 0.1) is 17.1 Å². The lowest BCUT2D eigenvalue weighted by Crippen LogP contribution is -2.26. The highest BCUT2D eigenvalue weighted by atomic mass is 32.2. The molecular formula is C26H28N6OS. The number of fused-ring (bicyclic) bond motifs is 1. The van der Waals surface area contributed by atoms with E-state index in [0.717, 1.165) is 22.8 Å². The van der Waals surface area contributed by atoms with E-state index < -0.39 is 0 Å². The fourth-order valence-electron chi connectivity index (χ4n) is 4.07. The Morgan fingerprint density at radius 3 is 2.09 bits per heavy atom. The number of anilines is 2. The Balaban J connectivity index is 1.52. The molecule has 0 bridgehead atoms. The predicted octanol–water partition coefficient (Wildman–Crippen LogP) is 4.76. The quantitative estimate of drug-likeness (QED) is 0.301. The predicted molar refractivity (Wildman–Crippen MR) is 137 cm³/mol. The molecule has 4 rings (SSSR count). The first-order valence-corrected chi connectivity index (χ1v) is 12.0. The van der Waals surface area contributed by atoms with Crippen LogP contribution < -0.4 is 9.80 Å². The number of aromatic nitrogens is 3. The standard InChI is InChI=1S/C26H28N6OS/c1-26(2,3)18-13-11-17(12-14-18)23-28-29-25(32(23)6)34-16-22(33)19(15-27)24-30(4)20-9-7-8-10-21(20)31(24)5/h7-14H,16H2,1-6H3. The molecule has 0 aliphatic carbocycles. The molecule has 1 aliphatic heterocycles. The molecule has 8 heteroatoms. The lowest BCUT2D eigenvalue weighted by molar-refractivity contribution is -0.112. The fraction of sp³-hybridized carbons (Fsp3) is 0.308. The first-order valence-electron chi connectivity index (χ1n) is 11.0. The van der Waals surface area contributed by atoms with E-state index in [4.69, 9.17) is 0 Å². The molecule has 34 heavy (non-hydrogen) atoms. The third-order valence-electron chi connectivity index (χ3n) is 6.03. The molecule has 7 nitrogen and oxygen atoms in total. The SMILES string of the molecule is CN1C(=C(C#N)C(=O)CSc2nnc(-c3ccc(C(C)(C)C)cc3)n2C)N(C)c2ccccc21. The van der Waals surface area contributed by atoms with Crippen LogP contribution in [0.15, 0.2) is 65.1 Å². The number of Topliss-reactive ketones (excluding diaryl/α,β-unsaturated/α-hetero) is 1. The van der Waals surface area contributed by atoms with Gasteiger partial charge in [0.1, 0.15) is 17.5 Å². The van der Waals surface area contributed by atoms with Crippen molar-refractivity contribution in [1.82, 2.24) is 14.8 Å². The van der Waals surface area contributed by atoms with Gasteiger partial charge >= 0.3 is 0 Å². The molecule has 3 aromatic rings. The minimum absolute atomic E-state index is 0.0789. The second-order valence-corrected chi connectivity index (χ2v) is 10.3. The van der Waals surface area contributed by atoms with Crippen molar-refractivity contribution < 1.29 is 4.79 Å². The highest BCUT2D eigenvalue weighted by Crippen LogP contribution is 2.40. The van der Waals surface area contributed by atoms with E-state index in [9.17, 15) is 10.1 Å². The van der Waals surface area contributed by atoms with Crippen LogP contribution in [0.1, 0.15) is 26.3 Å². The van der Waals surface area contributed by atoms with Crippen molar-refractivity contribution in [3.63, 3.8) is 0 Å². The second-order valence-electron chi connectivity index (χ2n) is 9.32. The smallest absolute Gasteiger partial charge is 0.191 e. The normalized spacial score (nSPS) is 13.1. The summed E-state index contributed by atoms with van der Waals surface area (Å²) in [5, 5.41) is 19.1. The van der Waals surface area contributed by atoms with Crippen LogP contribution in [0.5, 0.6) is 0 Å². The van der Waals surface area contributed by atoms with E-state index in [0.29, 0.717) is 11.0 Å². The van der Waals surface area contributed by atoms with Gasteiger partial charge in [0.25, 0.3) is 0 Å². The molecule has 1 aliphatic rings. The number of nitrogens with zero attached hydrogens (tertiary/aromatic N) is 6. The van der Waals surface area contributed by atoms with Crippen molar-refractivity contribution >= 4 is 28.9 Å². The Morgan fingerprint density at radius 2 is 1.56 bits per heavy atom. The molecule has 0 atom stereocenters. The molecule has 1 aromatic heterocycles. The number of para-hydroxylation sites is 2. The van der Waals surface area contributed by atoms with Crippen LogP contribution in [0.2, 0.25) is 0 Å². The van der Waals surface area contributed by atoms with E-state index in [1.54, 1.807) is 0 Å². The Labute approximate surface area is 204 Å². The van der Waals surface area contributed by atoms with Crippen molar-refractivity contribution in [2.45, 2.75) is 31.3 Å². The molecular weight excluding hydrogens is 444 g/mol. The topological polar surface area (TPSA) is 78.0 Å². The number of carbonyl (C=O) groups excluding carboxylic acids is 1. The molecule has 0 radical (unpaired) electrons. The zero-order valence-corrected chi connectivity index (χ0v) is 21.1. The van der Waals surface area contributed by atoms with Crippen LogP contribution in [-0.2, 0) is 17.3 Å². The van der Waals surface area contributed by atoms with Gasteiger partial charge in [-0.1, -0.05) is 68.9 Å². The van der Waals surface area contributed by atoms with Gasteiger partial charge in [-0.2, -0.15) is 5.26 Å². The molecule has 174 valence electrons. The number of benzene rings is 2. The van der Waals surface area contributed by atoms with Gasteiger partial charge in [-0.05, 0) is 23.1 Å². The van der Waals surface area contributed by atoms with Crippen LogP contribution in [-0.4, -0.2) is 40.4 Å². The summed E-state index contributed by atoms with van der Waals surface area (Å²) in [6, 6.07) is 18.3. The van der Waals surface area contributed by atoms with Crippen molar-refractivity contribution in [2.24, 2.45) is 7.05 Å². The molecule has 0 fully saturated rings. The monoisotopic (exact) mass is 472 g/mol. The van der Waals surface area contributed by atoms with Gasteiger partial charge < -0.3 is 14.4 Å². The molecule has 0 saturated heterocycles. The summed E-state index contributed by atoms with van der Waals surface area (Å²) in [6.07, 6.45) is 0. The first-order chi connectivity index (χ1) is 16.1. The van der Waals surface area contributed by atoms with Crippen molar-refractivity contribution in [3.8, 4) is 17.5 Å². The third-order valence-corrected chi connectivity index (χ3v) is 7.05. The number of nitriles is 1. The van der Waals surface area contributed by atoms with Gasteiger partial charge in [0, 0.05) is 26.7 Å². The Kier molecular flexibility index (Phi) is 6.24. The van der Waals surface area contributed by atoms with E-state index in [1.807, 2.05) is 71.9 Å². The van der Waals surface area contributed by atoms with E-state index >= 15 is 0 Å². The maximum atomic E-state index is 13.1. The van der Waals surface area contributed by atoms with Crippen LogP contribution in [0.25, 0.3) is 11.4 Å². The molecule has 0 spiro atoms. The summed E-state index contributed by atoms with van der Waals surface area (Å²) in [7, 11) is 5.63. The Bertz CT molecular complexity index is 1280. The van der Waals surface area contributed by atoms with Crippen molar-refractivity contribution in [3.05, 3.63) is 65.5 Å². The largest absolute Gasteiger partial charge is 0.328 e. The van der Waals surface area contributed by atoms with Crippen molar-refractivity contribution in [1.29, 1.82) is 5.26 Å². The van der Waals surface area contributed by atoms with Crippen LogP contribution in [0.3, 0.4) is 0 Å². The Morgan fingerprint density at radius 1 is 0.971 bits per heavy atom. The number of carbonyl (C=O) groups is 1. The van der Waals surface area contributed by atoms with E-state index in [1.165, 1.54) is 17.3 Å². The minimum Gasteiger partial charge on any atom is -0.328 e. The molecule has 0 unspecified atom stereocenters. The van der Waals surface area contributed by atoms with Gasteiger partial charge in [0.2, 0.25) is 0 Å². The number of hydrogen-bond donors (Lipinski definition) is 0. The number of thioether (sulfide) groups is 1. The number of ketones is 1. The number of rotatable bonds is 5. The second kappa shape index (κ2) is 8.99. The minimum atomic E-state index is -0.243. The lowest BCUT2D eigenvalue weighted by Gasteiger charge is -2.19. The summed E-state index contributed by atoms with van der Waals surface area (Å²) in [4.78, 5) is 16.9. The van der Waals surface area contributed by atoms with Crippen LogP contribution in [0, 0.1) is 11.3 Å². The highest BCUT2D eigenvalue weighted by molar-refractivity contribution is 7.99. The van der Waals surface area contributed by atoms with E-state index in [-0.39, 0.29) is 22.5 Å². The zero-order chi connectivity index (χ0) is 24.6. The van der Waals surface area contributed by atoms with Gasteiger partial charge in [-0.25, -0.2) is 0 Å². The van der Waals surface area contributed by atoms with E-state index in [2.05, 4.69) is 49.2 Å². The fourth-order valence-corrected chi connectivity index (χ4v) is 4.85. The maximum Gasteiger partial charge on any atom is 0.191 e. The molecule has 0 amide bonds. The molecule has 2 heterocycles. The maximum absolute atomic E-state index is 13.1. The molecule has 0 N–H and O–H groups in total. The van der Waals surface area contributed by atoms with Crippen LogP contribution in [0.4, 0.5) is 11.4 Å². The van der Waals surface area contributed by atoms with Gasteiger partial charge in [-0.15, -0.1) is 10.2 Å². The first kappa shape index (κ1) is 23.6. The summed E-state index contributed by atoms with van der Waals surface area (Å²) >= 11 is 1.28. The molecule has 0 saturated carbocycles. The average Bonchev–Trinajstić information content (AvgIpc) is 3.30. The zero-order valence-electron chi connectivity index (χ0n) is 20.3. The molecule has 2 aromatic carbocycles. The summed E-state index contributed by atoms with van der Waals surface area (Å²) < 4.78 is 1.88. The summed E-state index contributed by atoms with van der Waals surface area (Å²) in [6.45, 7) is 6.54. The third kappa shape index (κ3) is 4.19. The highest BCUT2D eigenvalue weighted by Gasteiger charge is 2.31.